The molecule has 1 aromatic rings. The maximum absolute atomic E-state index is 12.8. The SMILES string of the molecule is CCS(=O)(=O)Nc1cc(OC)ccc1S(=O)(=O)N1CCNCC1.Cl. The van der Waals surface area contributed by atoms with Crippen LogP contribution >= 0.6 is 12.4 Å². The first-order valence-electron chi connectivity index (χ1n) is 7.19. The third-order valence-electron chi connectivity index (χ3n) is 3.53. The van der Waals surface area contributed by atoms with Crippen molar-refractivity contribution >= 4 is 38.1 Å². The first-order valence-corrected chi connectivity index (χ1v) is 10.3. The van der Waals surface area contributed by atoms with Gasteiger partial charge in [-0.05, 0) is 19.1 Å². The van der Waals surface area contributed by atoms with E-state index in [1.54, 1.807) is 0 Å². The van der Waals surface area contributed by atoms with Crippen LogP contribution < -0.4 is 14.8 Å². The van der Waals surface area contributed by atoms with Gasteiger partial charge in [-0.1, -0.05) is 0 Å². The molecule has 138 valence electrons. The van der Waals surface area contributed by atoms with Crippen molar-refractivity contribution in [3.05, 3.63) is 18.2 Å². The fourth-order valence-electron chi connectivity index (χ4n) is 2.20. The molecule has 1 aromatic carbocycles. The summed E-state index contributed by atoms with van der Waals surface area (Å²) in [6.07, 6.45) is 0. The van der Waals surface area contributed by atoms with Crippen molar-refractivity contribution in [2.24, 2.45) is 0 Å². The van der Waals surface area contributed by atoms with Crippen molar-refractivity contribution in [3.63, 3.8) is 0 Å². The highest BCUT2D eigenvalue weighted by molar-refractivity contribution is 7.93. The molecule has 1 aliphatic rings. The highest BCUT2D eigenvalue weighted by Gasteiger charge is 2.29. The van der Waals surface area contributed by atoms with Gasteiger partial charge in [0.2, 0.25) is 20.0 Å². The van der Waals surface area contributed by atoms with Gasteiger partial charge in [-0.15, -0.1) is 12.4 Å². The van der Waals surface area contributed by atoms with E-state index in [9.17, 15) is 16.8 Å². The number of halogens is 1. The Balaban J connectivity index is 0.00000288. The van der Waals surface area contributed by atoms with Gasteiger partial charge < -0.3 is 10.1 Å². The van der Waals surface area contributed by atoms with E-state index in [0.717, 1.165) is 0 Å². The number of methoxy groups -OCH3 is 1. The molecule has 0 amide bonds. The molecule has 11 heteroatoms. The second-order valence-corrected chi connectivity index (χ2v) is 8.94. The van der Waals surface area contributed by atoms with Crippen LogP contribution in [0.15, 0.2) is 23.1 Å². The van der Waals surface area contributed by atoms with Gasteiger partial charge in [-0.2, -0.15) is 4.31 Å². The summed E-state index contributed by atoms with van der Waals surface area (Å²) in [4.78, 5) is -0.0720. The van der Waals surface area contributed by atoms with Gasteiger partial charge in [-0.3, -0.25) is 4.72 Å². The second kappa shape index (κ2) is 8.34. The van der Waals surface area contributed by atoms with Gasteiger partial charge >= 0.3 is 0 Å². The molecule has 8 nitrogen and oxygen atoms in total. The van der Waals surface area contributed by atoms with E-state index in [1.807, 2.05) is 0 Å². The maximum atomic E-state index is 12.8. The lowest BCUT2D eigenvalue weighted by atomic mass is 10.3. The summed E-state index contributed by atoms with van der Waals surface area (Å²) in [6, 6.07) is 4.24. The van der Waals surface area contributed by atoms with E-state index in [0.29, 0.717) is 31.9 Å². The van der Waals surface area contributed by atoms with Gasteiger partial charge in [0.05, 0.1) is 18.6 Å². The lowest BCUT2D eigenvalue weighted by Gasteiger charge is -2.27. The molecule has 0 aromatic heterocycles. The van der Waals surface area contributed by atoms with Crippen molar-refractivity contribution < 1.29 is 21.6 Å². The first-order chi connectivity index (χ1) is 10.8. The average molecular weight is 400 g/mol. The molecule has 0 radical (unpaired) electrons. The van der Waals surface area contributed by atoms with Gasteiger partial charge in [0.15, 0.2) is 0 Å². The number of hydrogen-bond donors (Lipinski definition) is 2. The topological polar surface area (TPSA) is 105 Å². The highest BCUT2D eigenvalue weighted by atomic mass is 35.5. The molecular weight excluding hydrogens is 378 g/mol. The van der Waals surface area contributed by atoms with E-state index >= 15 is 0 Å². The summed E-state index contributed by atoms with van der Waals surface area (Å²) < 4.78 is 58.0. The third-order valence-corrected chi connectivity index (χ3v) is 6.77. The average Bonchev–Trinajstić information content (AvgIpc) is 2.55. The van der Waals surface area contributed by atoms with Crippen LogP contribution in [0.25, 0.3) is 0 Å². The largest absolute Gasteiger partial charge is 0.497 e. The van der Waals surface area contributed by atoms with Crippen molar-refractivity contribution in [1.29, 1.82) is 0 Å². The van der Waals surface area contributed by atoms with E-state index in [4.69, 9.17) is 4.74 Å². The summed E-state index contributed by atoms with van der Waals surface area (Å²) >= 11 is 0. The van der Waals surface area contributed by atoms with E-state index < -0.39 is 20.0 Å². The first kappa shape index (κ1) is 21.0. The zero-order valence-corrected chi connectivity index (χ0v) is 15.9. The Morgan fingerprint density at radius 3 is 2.38 bits per heavy atom. The van der Waals surface area contributed by atoms with E-state index in [2.05, 4.69) is 10.0 Å². The number of piperazine rings is 1. The predicted molar refractivity (Wildman–Crippen MR) is 95.0 cm³/mol. The Morgan fingerprint density at radius 1 is 1.21 bits per heavy atom. The molecular formula is C13H22ClN3O5S2. The molecule has 1 heterocycles. The molecule has 2 N–H and O–H groups in total. The number of benzene rings is 1. The molecule has 0 spiro atoms. The van der Waals surface area contributed by atoms with Gasteiger partial charge in [0.25, 0.3) is 0 Å². The number of sulfonamides is 2. The van der Waals surface area contributed by atoms with Crippen LogP contribution in [0.1, 0.15) is 6.92 Å². The minimum absolute atomic E-state index is 0. The zero-order chi connectivity index (χ0) is 17.1. The van der Waals surface area contributed by atoms with Gasteiger partial charge in [-0.25, -0.2) is 16.8 Å². The molecule has 1 fully saturated rings. The monoisotopic (exact) mass is 399 g/mol. The molecule has 0 unspecified atom stereocenters. The summed E-state index contributed by atoms with van der Waals surface area (Å²) in [5, 5.41) is 3.08. The number of nitrogens with zero attached hydrogens (tertiary/aromatic N) is 1. The Hall–Kier alpha value is -1.07. The Bertz CT molecular complexity index is 762. The molecule has 0 saturated carbocycles. The van der Waals surface area contributed by atoms with Crippen LogP contribution in [-0.4, -0.2) is 60.2 Å². The predicted octanol–water partition coefficient (Wildman–Crippen LogP) is 0.472. The smallest absolute Gasteiger partial charge is 0.245 e. The summed E-state index contributed by atoms with van der Waals surface area (Å²) in [5.41, 5.74) is 0.00438. The number of hydrogen-bond acceptors (Lipinski definition) is 6. The van der Waals surface area contributed by atoms with E-state index in [1.165, 1.54) is 36.5 Å². The fraction of sp³-hybridized carbons (Fsp3) is 0.538. The van der Waals surface area contributed by atoms with Crippen molar-refractivity contribution in [2.45, 2.75) is 11.8 Å². The normalized spacial score (nSPS) is 16.2. The van der Waals surface area contributed by atoms with Crippen LogP contribution in [0.5, 0.6) is 5.75 Å². The summed E-state index contributed by atoms with van der Waals surface area (Å²) in [5.74, 6) is 0.218. The highest BCUT2D eigenvalue weighted by Crippen LogP contribution is 2.29. The quantitative estimate of drug-likeness (QED) is 0.720. The molecule has 1 saturated heterocycles. The maximum Gasteiger partial charge on any atom is 0.245 e. The summed E-state index contributed by atoms with van der Waals surface area (Å²) in [7, 11) is -5.97. The van der Waals surface area contributed by atoms with Crippen LogP contribution in [0.4, 0.5) is 5.69 Å². The molecule has 0 aliphatic carbocycles. The van der Waals surface area contributed by atoms with Crippen molar-refractivity contribution in [3.8, 4) is 5.75 Å². The number of anilines is 1. The van der Waals surface area contributed by atoms with Crippen molar-refractivity contribution in [2.75, 3.05) is 43.8 Å². The lowest BCUT2D eigenvalue weighted by Crippen LogP contribution is -2.46. The van der Waals surface area contributed by atoms with Crippen LogP contribution in [0.2, 0.25) is 0 Å². The standard InChI is InChI=1S/C13H21N3O5S2.ClH/c1-3-22(17,18)15-12-10-11(21-2)4-5-13(12)23(19,20)16-8-6-14-7-9-16;/h4-5,10,14-15H,3,6-9H2,1-2H3;1H. The zero-order valence-electron chi connectivity index (χ0n) is 13.5. The molecule has 0 bridgehead atoms. The Kier molecular flexibility index (Phi) is 7.29. The number of nitrogens with one attached hydrogen (secondary N) is 2. The molecule has 1 aliphatic heterocycles. The van der Waals surface area contributed by atoms with E-state index in [-0.39, 0.29) is 28.7 Å². The van der Waals surface area contributed by atoms with Crippen LogP contribution in [-0.2, 0) is 20.0 Å². The van der Waals surface area contributed by atoms with Gasteiger partial charge in [0.1, 0.15) is 10.6 Å². The van der Waals surface area contributed by atoms with Crippen molar-refractivity contribution in [1.82, 2.24) is 9.62 Å². The third kappa shape index (κ3) is 4.73. The summed E-state index contributed by atoms with van der Waals surface area (Å²) in [6.45, 7) is 3.28. The minimum Gasteiger partial charge on any atom is -0.497 e. The number of ether oxygens (including phenoxy) is 1. The molecule has 0 atom stereocenters. The second-order valence-electron chi connectivity index (χ2n) is 5.02. The van der Waals surface area contributed by atoms with Gasteiger partial charge in [0, 0.05) is 32.2 Å². The molecule has 24 heavy (non-hydrogen) atoms. The fourth-order valence-corrected chi connectivity index (χ4v) is 4.49. The molecule has 2 rings (SSSR count). The number of rotatable bonds is 6. The minimum atomic E-state index is -3.79. The Morgan fingerprint density at radius 2 is 1.83 bits per heavy atom. The van der Waals surface area contributed by atoms with Crippen LogP contribution in [0, 0.1) is 0 Å². The lowest BCUT2D eigenvalue weighted by molar-refractivity contribution is 0.360. The van der Waals surface area contributed by atoms with Crippen LogP contribution in [0.3, 0.4) is 0 Å². The Labute approximate surface area is 149 Å².